The highest BCUT2D eigenvalue weighted by atomic mass is 127. The number of halogens is 2. The minimum atomic E-state index is 0. The molecule has 1 aromatic heterocycles. The molecule has 1 N–H and O–H groups in total. The van der Waals surface area contributed by atoms with E-state index in [1.165, 1.54) is 5.69 Å². The third-order valence-corrected chi connectivity index (χ3v) is 4.38. The van der Waals surface area contributed by atoms with Crippen LogP contribution in [0.25, 0.3) is 0 Å². The third-order valence-electron chi connectivity index (χ3n) is 3.95. The second kappa shape index (κ2) is 10.7. The van der Waals surface area contributed by atoms with Gasteiger partial charge in [-0.3, -0.25) is 4.99 Å². The van der Waals surface area contributed by atoms with Crippen molar-refractivity contribution in [3.8, 4) is 11.5 Å². The molecule has 2 rings (SSSR count). The fourth-order valence-electron chi connectivity index (χ4n) is 2.60. The van der Waals surface area contributed by atoms with Crippen molar-refractivity contribution in [3.63, 3.8) is 0 Å². The van der Waals surface area contributed by atoms with E-state index in [0.29, 0.717) is 6.54 Å². The molecule has 0 bridgehead atoms. The highest BCUT2D eigenvalue weighted by Crippen LogP contribution is 2.27. The Morgan fingerprint density at radius 2 is 1.92 bits per heavy atom. The first-order valence-corrected chi connectivity index (χ1v) is 8.71. The Bertz CT molecular complexity index is 749. The zero-order chi connectivity index (χ0) is 18.4. The number of aryl methyl sites for hydroxylation is 1. The Morgan fingerprint density at radius 1 is 1.23 bits per heavy atom. The lowest BCUT2D eigenvalue weighted by atomic mass is 10.2. The Morgan fingerprint density at radius 3 is 2.46 bits per heavy atom. The van der Waals surface area contributed by atoms with E-state index in [1.54, 1.807) is 21.3 Å². The van der Waals surface area contributed by atoms with Gasteiger partial charge in [0, 0.05) is 44.1 Å². The number of nitrogens with one attached hydrogen (secondary N) is 1. The van der Waals surface area contributed by atoms with E-state index in [2.05, 4.69) is 41.8 Å². The van der Waals surface area contributed by atoms with E-state index in [9.17, 15) is 0 Å². The van der Waals surface area contributed by atoms with Crippen LogP contribution in [0.4, 0.5) is 0 Å². The molecule has 0 saturated carbocycles. The molecule has 0 atom stereocenters. The molecule has 1 heterocycles. The van der Waals surface area contributed by atoms with Crippen molar-refractivity contribution in [3.05, 3.63) is 46.2 Å². The van der Waals surface area contributed by atoms with Gasteiger partial charge in [-0.25, -0.2) is 0 Å². The quantitative estimate of drug-likeness (QED) is 0.348. The number of ether oxygens (including phenoxy) is 2. The number of aliphatic imine (C=N–C) groups is 1. The van der Waals surface area contributed by atoms with Gasteiger partial charge in [0.2, 0.25) is 0 Å². The maximum atomic E-state index is 5.35. The molecule has 144 valence electrons. The zero-order valence-electron chi connectivity index (χ0n) is 15.7. The number of hydrogen-bond donors (Lipinski definition) is 1. The minimum Gasteiger partial charge on any atom is -0.493 e. The molecule has 6 nitrogen and oxygen atoms in total. The molecular weight excluding hydrogens is 511 g/mol. The molecule has 1 aromatic carbocycles. The van der Waals surface area contributed by atoms with Crippen LogP contribution in [0.5, 0.6) is 11.5 Å². The van der Waals surface area contributed by atoms with Gasteiger partial charge in [-0.2, -0.15) is 0 Å². The zero-order valence-corrected chi connectivity index (χ0v) is 19.7. The van der Waals surface area contributed by atoms with Crippen LogP contribution < -0.4 is 14.8 Å². The summed E-state index contributed by atoms with van der Waals surface area (Å²) in [7, 11) is 9.11. The number of aromatic nitrogens is 1. The lowest BCUT2D eigenvalue weighted by Crippen LogP contribution is -2.38. The molecule has 26 heavy (non-hydrogen) atoms. The normalized spacial score (nSPS) is 10.9. The molecule has 0 saturated heterocycles. The average molecular weight is 537 g/mol. The fraction of sp³-hybridized carbons (Fsp3) is 0.389. The molecule has 0 aliphatic heterocycles. The molecule has 0 amide bonds. The summed E-state index contributed by atoms with van der Waals surface area (Å²) in [4.78, 5) is 6.45. The Hall–Kier alpha value is -1.42. The standard InChI is InChI=1S/C18H25BrN4O2.HI/c1-20-18(23(3)12-15-9-14(19)11-22(15)2)21-10-13-6-7-16(24-4)17(8-13)25-5;/h6-9,11H,10,12H2,1-5H3,(H,20,21);1H. The van der Waals surface area contributed by atoms with Gasteiger partial charge in [0.05, 0.1) is 20.8 Å². The number of guanidine groups is 1. The highest BCUT2D eigenvalue weighted by molar-refractivity contribution is 14.0. The van der Waals surface area contributed by atoms with E-state index >= 15 is 0 Å². The Balaban J connectivity index is 0.00000338. The molecule has 0 aliphatic rings. The molecule has 0 unspecified atom stereocenters. The van der Waals surface area contributed by atoms with Gasteiger partial charge in [0.25, 0.3) is 0 Å². The largest absolute Gasteiger partial charge is 0.493 e. The van der Waals surface area contributed by atoms with E-state index in [4.69, 9.17) is 9.47 Å². The maximum Gasteiger partial charge on any atom is 0.194 e. The topological polar surface area (TPSA) is 51.0 Å². The van der Waals surface area contributed by atoms with Crippen molar-refractivity contribution in [2.75, 3.05) is 28.3 Å². The number of methoxy groups -OCH3 is 2. The van der Waals surface area contributed by atoms with Crippen LogP contribution in [0.2, 0.25) is 0 Å². The number of benzene rings is 1. The second-order valence-corrected chi connectivity index (χ2v) is 6.62. The second-order valence-electron chi connectivity index (χ2n) is 5.71. The molecule has 0 aliphatic carbocycles. The van der Waals surface area contributed by atoms with Crippen LogP contribution in [0, 0.1) is 0 Å². The predicted molar refractivity (Wildman–Crippen MR) is 120 cm³/mol. The first kappa shape index (κ1) is 22.6. The van der Waals surface area contributed by atoms with E-state index < -0.39 is 0 Å². The first-order valence-electron chi connectivity index (χ1n) is 7.92. The van der Waals surface area contributed by atoms with Crippen LogP contribution >= 0.6 is 39.9 Å². The molecular formula is C18H26BrIN4O2. The van der Waals surface area contributed by atoms with Gasteiger partial charge < -0.3 is 24.3 Å². The SMILES string of the molecule is CN=C(NCc1ccc(OC)c(OC)c1)N(C)Cc1cc(Br)cn1C.I. The van der Waals surface area contributed by atoms with Crippen LogP contribution in [-0.4, -0.2) is 43.7 Å². The summed E-state index contributed by atoms with van der Waals surface area (Å²) in [6.07, 6.45) is 2.04. The molecule has 0 spiro atoms. The van der Waals surface area contributed by atoms with E-state index in [1.807, 2.05) is 38.5 Å². The van der Waals surface area contributed by atoms with E-state index in [-0.39, 0.29) is 24.0 Å². The fourth-order valence-corrected chi connectivity index (χ4v) is 3.17. The minimum absolute atomic E-state index is 0. The van der Waals surface area contributed by atoms with Gasteiger partial charge >= 0.3 is 0 Å². The molecule has 2 aromatic rings. The number of nitrogens with zero attached hydrogens (tertiary/aromatic N) is 3. The summed E-state index contributed by atoms with van der Waals surface area (Å²) in [6, 6.07) is 7.99. The molecule has 8 heteroatoms. The van der Waals surface area contributed by atoms with Gasteiger partial charge in [-0.05, 0) is 39.7 Å². The maximum absolute atomic E-state index is 5.35. The van der Waals surface area contributed by atoms with E-state index in [0.717, 1.165) is 34.0 Å². The van der Waals surface area contributed by atoms with Crippen LogP contribution in [0.3, 0.4) is 0 Å². The number of rotatable bonds is 6. The monoisotopic (exact) mass is 536 g/mol. The summed E-state index contributed by atoms with van der Waals surface area (Å²) >= 11 is 3.51. The van der Waals surface area contributed by atoms with Gasteiger partial charge in [-0.15, -0.1) is 24.0 Å². The summed E-state index contributed by atoms with van der Waals surface area (Å²) < 4.78 is 13.8. The third kappa shape index (κ3) is 5.80. The van der Waals surface area contributed by atoms with Gasteiger partial charge in [0.15, 0.2) is 17.5 Å². The molecule has 0 radical (unpaired) electrons. The number of hydrogen-bond acceptors (Lipinski definition) is 3. The summed E-state index contributed by atoms with van der Waals surface area (Å²) in [5.74, 6) is 2.27. The van der Waals surface area contributed by atoms with Crippen molar-refractivity contribution < 1.29 is 9.47 Å². The Labute approximate surface area is 180 Å². The van der Waals surface area contributed by atoms with Gasteiger partial charge in [0.1, 0.15) is 0 Å². The van der Waals surface area contributed by atoms with Gasteiger partial charge in [-0.1, -0.05) is 6.07 Å². The van der Waals surface area contributed by atoms with Crippen molar-refractivity contribution >= 4 is 45.9 Å². The molecule has 0 fully saturated rings. The first-order chi connectivity index (χ1) is 12.0. The van der Waals surface area contributed by atoms with Crippen molar-refractivity contribution in [2.45, 2.75) is 13.1 Å². The lowest BCUT2D eigenvalue weighted by Gasteiger charge is -2.22. The smallest absolute Gasteiger partial charge is 0.194 e. The summed E-state index contributed by atoms with van der Waals surface area (Å²) in [6.45, 7) is 1.40. The van der Waals surface area contributed by atoms with Crippen molar-refractivity contribution in [2.24, 2.45) is 12.0 Å². The van der Waals surface area contributed by atoms with Crippen LogP contribution in [0.15, 0.2) is 39.9 Å². The van der Waals surface area contributed by atoms with Crippen molar-refractivity contribution in [1.29, 1.82) is 0 Å². The summed E-state index contributed by atoms with van der Waals surface area (Å²) in [5, 5.41) is 3.38. The lowest BCUT2D eigenvalue weighted by molar-refractivity contribution is 0.354. The van der Waals surface area contributed by atoms with Crippen molar-refractivity contribution in [1.82, 2.24) is 14.8 Å². The average Bonchev–Trinajstić information content (AvgIpc) is 2.92. The predicted octanol–water partition coefficient (Wildman–Crippen LogP) is 3.63. The highest BCUT2D eigenvalue weighted by Gasteiger charge is 2.10. The summed E-state index contributed by atoms with van der Waals surface area (Å²) in [5.41, 5.74) is 2.29. The van der Waals surface area contributed by atoms with Crippen LogP contribution in [-0.2, 0) is 20.1 Å². The van der Waals surface area contributed by atoms with Crippen LogP contribution in [0.1, 0.15) is 11.3 Å². The Kier molecular flexibility index (Phi) is 9.28.